The number of carboxylic acid groups (broad SMARTS) is 1. The van der Waals surface area contributed by atoms with Crippen LogP contribution < -0.4 is 0 Å². The molecule has 1 aromatic heterocycles. The number of aromatic nitrogens is 1. The van der Waals surface area contributed by atoms with E-state index in [1.54, 1.807) is 18.3 Å². The molecule has 2 rings (SSSR count). The third kappa shape index (κ3) is 1.66. The Morgan fingerprint density at radius 2 is 2.27 bits per heavy atom. The molecule has 1 unspecified atom stereocenters. The van der Waals surface area contributed by atoms with E-state index in [2.05, 4.69) is 20.9 Å². The molecule has 0 amide bonds. The number of carbonyl (C=O) groups is 1. The number of nitrogens with zero attached hydrogens (tertiary/aromatic N) is 1. The first-order valence-corrected chi connectivity index (χ1v) is 5.39. The predicted octanol–water partition coefficient (Wildman–Crippen LogP) is 1.32. The summed E-state index contributed by atoms with van der Waals surface area (Å²) in [5, 5.41) is 18.5. The first-order chi connectivity index (χ1) is 7.08. The summed E-state index contributed by atoms with van der Waals surface area (Å²) in [6.07, 6.45) is 1.64. The maximum absolute atomic E-state index is 10.8. The van der Waals surface area contributed by atoms with Gasteiger partial charge in [0.2, 0.25) is 0 Å². The van der Waals surface area contributed by atoms with E-state index in [1.807, 2.05) is 0 Å². The van der Waals surface area contributed by atoms with Gasteiger partial charge in [-0.3, -0.25) is 0 Å². The minimum atomic E-state index is -1.35. The monoisotopic (exact) mass is 271 g/mol. The van der Waals surface area contributed by atoms with Crippen molar-refractivity contribution in [2.75, 3.05) is 0 Å². The van der Waals surface area contributed by atoms with Crippen LogP contribution in [0.5, 0.6) is 0 Å². The summed E-state index contributed by atoms with van der Waals surface area (Å²) in [7, 11) is 0. The molecular formula is C10H10BrNO3. The van der Waals surface area contributed by atoms with Gasteiger partial charge in [-0.05, 0) is 40.4 Å². The molecule has 1 aliphatic carbocycles. The second-order valence-corrected chi connectivity index (χ2v) is 4.49. The highest BCUT2D eigenvalue weighted by Gasteiger charge is 2.54. The van der Waals surface area contributed by atoms with Crippen molar-refractivity contribution in [1.82, 2.24) is 4.98 Å². The maximum Gasteiger partial charge on any atom is 0.333 e. The topological polar surface area (TPSA) is 70.4 Å². The number of carboxylic acids is 1. The van der Waals surface area contributed by atoms with Gasteiger partial charge in [-0.15, -0.1) is 0 Å². The molecule has 1 atom stereocenters. The molecule has 0 bridgehead atoms. The Morgan fingerprint density at radius 1 is 1.60 bits per heavy atom. The highest BCUT2D eigenvalue weighted by Crippen LogP contribution is 2.52. The Kier molecular flexibility index (Phi) is 2.52. The van der Waals surface area contributed by atoms with Crippen LogP contribution in [0.3, 0.4) is 0 Å². The van der Waals surface area contributed by atoms with Gasteiger partial charge in [0.25, 0.3) is 0 Å². The van der Waals surface area contributed by atoms with Gasteiger partial charge < -0.3 is 10.2 Å². The number of halogens is 1. The number of aliphatic hydroxyl groups is 1. The summed E-state index contributed by atoms with van der Waals surface area (Å²) in [4.78, 5) is 14.8. The lowest BCUT2D eigenvalue weighted by atomic mass is 9.91. The quantitative estimate of drug-likeness (QED) is 0.814. The van der Waals surface area contributed by atoms with Crippen molar-refractivity contribution >= 4 is 21.9 Å². The molecule has 4 nitrogen and oxygen atoms in total. The first kappa shape index (κ1) is 10.6. The Morgan fingerprint density at radius 3 is 2.73 bits per heavy atom. The van der Waals surface area contributed by atoms with Crippen LogP contribution in [-0.2, 0) is 10.2 Å². The second-order valence-electron chi connectivity index (χ2n) is 3.74. The smallest absolute Gasteiger partial charge is 0.333 e. The standard InChI is InChI=1S/C10H10BrNO3/c11-8-6(2-1-5-12-8)10(3-4-10)7(13)9(14)15/h1-2,5,7,13H,3-4H2,(H,14,15). The van der Waals surface area contributed by atoms with Crippen molar-refractivity contribution in [2.24, 2.45) is 0 Å². The minimum Gasteiger partial charge on any atom is -0.479 e. The van der Waals surface area contributed by atoms with Gasteiger partial charge in [0.15, 0.2) is 6.10 Å². The Hall–Kier alpha value is -0.940. The molecule has 0 aromatic carbocycles. The average molecular weight is 272 g/mol. The zero-order valence-electron chi connectivity index (χ0n) is 7.85. The number of aliphatic hydroxyl groups excluding tert-OH is 1. The predicted molar refractivity (Wildman–Crippen MR) is 56.5 cm³/mol. The minimum absolute atomic E-state index is 0.614. The van der Waals surface area contributed by atoms with E-state index in [4.69, 9.17) is 5.11 Å². The number of hydrogen-bond acceptors (Lipinski definition) is 3. The van der Waals surface area contributed by atoms with E-state index in [0.29, 0.717) is 17.4 Å². The Bertz CT molecular complexity index is 403. The summed E-state index contributed by atoms with van der Waals surface area (Å²) >= 11 is 3.27. The highest BCUT2D eigenvalue weighted by atomic mass is 79.9. The largest absolute Gasteiger partial charge is 0.479 e. The third-order valence-corrected chi connectivity index (χ3v) is 3.47. The molecule has 1 saturated carbocycles. The van der Waals surface area contributed by atoms with Gasteiger partial charge in [0.05, 0.1) is 0 Å². The highest BCUT2D eigenvalue weighted by molar-refractivity contribution is 9.10. The molecule has 0 saturated heterocycles. The van der Waals surface area contributed by atoms with Gasteiger partial charge >= 0.3 is 5.97 Å². The van der Waals surface area contributed by atoms with E-state index >= 15 is 0 Å². The lowest BCUT2D eigenvalue weighted by Gasteiger charge is -2.19. The van der Waals surface area contributed by atoms with Crippen molar-refractivity contribution in [1.29, 1.82) is 0 Å². The van der Waals surface area contributed by atoms with Crippen LogP contribution in [0, 0.1) is 0 Å². The first-order valence-electron chi connectivity index (χ1n) is 4.60. The fourth-order valence-corrected chi connectivity index (χ4v) is 2.46. The zero-order valence-corrected chi connectivity index (χ0v) is 9.44. The molecule has 5 heteroatoms. The SMILES string of the molecule is O=C(O)C(O)C1(c2cccnc2Br)CC1. The summed E-state index contributed by atoms with van der Waals surface area (Å²) in [5.74, 6) is -1.18. The van der Waals surface area contributed by atoms with E-state index < -0.39 is 17.5 Å². The Labute approximate surface area is 95.1 Å². The molecule has 80 valence electrons. The van der Waals surface area contributed by atoms with E-state index in [9.17, 15) is 9.90 Å². The third-order valence-electron chi connectivity index (χ3n) is 2.84. The zero-order chi connectivity index (χ0) is 11.1. The normalized spacial score (nSPS) is 19.6. The molecular weight excluding hydrogens is 262 g/mol. The van der Waals surface area contributed by atoms with E-state index in [-0.39, 0.29) is 0 Å². The van der Waals surface area contributed by atoms with Crippen molar-refractivity contribution in [3.8, 4) is 0 Å². The van der Waals surface area contributed by atoms with E-state index in [1.165, 1.54) is 0 Å². The lowest BCUT2D eigenvalue weighted by Crippen LogP contribution is -2.34. The van der Waals surface area contributed by atoms with Gasteiger partial charge in [0.1, 0.15) is 4.60 Å². The summed E-state index contributed by atoms with van der Waals surface area (Å²) in [5.41, 5.74) is 0.138. The second kappa shape index (κ2) is 3.57. The number of pyridine rings is 1. The van der Waals surface area contributed by atoms with Crippen molar-refractivity contribution in [3.63, 3.8) is 0 Å². The summed E-state index contributed by atoms with van der Waals surface area (Å²) < 4.78 is 0.614. The van der Waals surface area contributed by atoms with Crippen LogP contribution in [0.4, 0.5) is 0 Å². The van der Waals surface area contributed by atoms with E-state index in [0.717, 1.165) is 5.56 Å². The average Bonchev–Trinajstić information content (AvgIpc) is 2.98. The fourth-order valence-electron chi connectivity index (χ4n) is 1.82. The fraction of sp³-hybridized carbons (Fsp3) is 0.400. The summed E-state index contributed by atoms with van der Waals surface area (Å²) in [6, 6.07) is 3.55. The van der Waals surface area contributed by atoms with Crippen LogP contribution in [0.15, 0.2) is 22.9 Å². The number of rotatable bonds is 3. The van der Waals surface area contributed by atoms with Crippen LogP contribution in [0.25, 0.3) is 0 Å². The molecule has 1 aliphatic rings. The Balaban J connectivity index is 2.39. The van der Waals surface area contributed by atoms with Crippen molar-refractivity contribution in [2.45, 2.75) is 24.4 Å². The number of hydrogen-bond donors (Lipinski definition) is 2. The maximum atomic E-state index is 10.8. The summed E-state index contributed by atoms with van der Waals surface area (Å²) in [6.45, 7) is 0. The van der Waals surface area contributed by atoms with Crippen molar-refractivity contribution < 1.29 is 15.0 Å². The molecule has 0 radical (unpaired) electrons. The van der Waals surface area contributed by atoms with Crippen molar-refractivity contribution in [3.05, 3.63) is 28.5 Å². The van der Waals surface area contributed by atoms with Gasteiger partial charge in [0, 0.05) is 11.6 Å². The molecule has 1 aromatic rings. The van der Waals surface area contributed by atoms with Gasteiger partial charge in [-0.2, -0.15) is 0 Å². The molecule has 1 fully saturated rings. The van der Waals surface area contributed by atoms with Crippen LogP contribution in [-0.4, -0.2) is 27.3 Å². The molecule has 2 N–H and O–H groups in total. The molecule has 0 aliphatic heterocycles. The van der Waals surface area contributed by atoms with Crippen LogP contribution in [0.2, 0.25) is 0 Å². The molecule has 15 heavy (non-hydrogen) atoms. The number of aliphatic carboxylic acids is 1. The lowest BCUT2D eigenvalue weighted by molar-refractivity contribution is -0.148. The molecule has 1 heterocycles. The van der Waals surface area contributed by atoms with Gasteiger partial charge in [-0.25, -0.2) is 9.78 Å². The van der Waals surface area contributed by atoms with Crippen LogP contribution >= 0.6 is 15.9 Å². The molecule has 0 spiro atoms. The van der Waals surface area contributed by atoms with Gasteiger partial charge in [-0.1, -0.05) is 6.07 Å². The van der Waals surface area contributed by atoms with Crippen LogP contribution in [0.1, 0.15) is 18.4 Å².